The van der Waals surface area contributed by atoms with Crippen LogP contribution in [0.3, 0.4) is 0 Å². The summed E-state index contributed by atoms with van der Waals surface area (Å²) in [7, 11) is 0.777. The van der Waals surface area contributed by atoms with Gasteiger partial charge in [0.25, 0.3) is 0 Å². The number of hydrogen-bond donors (Lipinski definition) is 0. The van der Waals surface area contributed by atoms with E-state index in [1.807, 2.05) is 0 Å². The van der Waals surface area contributed by atoms with Gasteiger partial charge in [-0.2, -0.15) is 0 Å². The van der Waals surface area contributed by atoms with Gasteiger partial charge in [0.2, 0.25) is 0 Å². The number of fused-ring (bicyclic) bond motifs is 2. The first kappa shape index (κ1) is 22.1. The van der Waals surface area contributed by atoms with Crippen LogP contribution < -0.4 is 10.6 Å². The van der Waals surface area contributed by atoms with Crippen LogP contribution in [0.1, 0.15) is 5.56 Å². The molecule has 34 heavy (non-hydrogen) atoms. The highest BCUT2D eigenvalue weighted by molar-refractivity contribution is 7.55. The third-order valence-electron chi connectivity index (χ3n) is 6.03. The van der Waals surface area contributed by atoms with E-state index in [2.05, 4.69) is 146 Å². The van der Waals surface area contributed by atoms with Gasteiger partial charge in [-0.05, 0) is 55.8 Å². The molecule has 0 radical (unpaired) electrons. The van der Waals surface area contributed by atoms with E-state index in [0.29, 0.717) is 0 Å². The molecular weight excluding hydrogens is 427 g/mol. The van der Waals surface area contributed by atoms with Crippen molar-refractivity contribution < 1.29 is 0 Å². The smallest absolute Gasteiger partial charge is 0.00699 e. The van der Waals surface area contributed by atoms with Crippen molar-refractivity contribution in [1.29, 1.82) is 0 Å². The van der Waals surface area contributed by atoms with E-state index in [9.17, 15) is 0 Å². The molecule has 6 rings (SSSR count). The molecule has 0 atom stereocenters. The standard InChI is InChI=1S/C21H16.C12H11P/c1-15-13-14-17-8-3-5-11-19(17)21(15)20-12-6-9-16-7-2-4-10-18(16)20;1-3-7-11(8-4-1)13-12-9-5-2-6-10-12/h2-14H,1H3;1-10,13H. The van der Waals surface area contributed by atoms with Crippen LogP contribution in [0, 0.1) is 6.92 Å². The van der Waals surface area contributed by atoms with Crippen LogP contribution in [0.5, 0.6) is 0 Å². The Morgan fingerprint density at radius 3 is 1.56 bits per heavy atom. The molecule has 0 saturated carbocycles. The predicted molar refractivity (Wildman–Crippen MR) is 152 cm³/mol. The maximum Gasteiger partial charge on any atom is -0.00699 e. The van der Waals surface area contributed by atoms with E-state index in [1.54, 1.807) is 0 Å². The molecule has 0 unspecified atom stereocenters. The van der Waals surface area contributed by atoms with E-state index in [4.69, 9.17) is 0 Å². The molecule has 0 aromatic heterocycles. The lowest BCUT2D eigenvalue weighted by Gasteiger charge is -2.13. The Balaban J connectivity index is 0.000000159. The van der Waals surface area contributed by atoms with Crippen molar-refractivity contribution in [3.05, 3.63) is 145 Å². The fourth-order valence-corrected chi connectivity index (χ4v) is 5.44. The van der Waals surface area contributed by atoms with Crippen molar-refractivity contribution in [2.24, 2.45) is 0 Å². The Kier molecular flexibility index (Phi) is 6.80. The number of benzene rings is 6. The molecule has 0 amide bonds. The first-order valence-corrected chi connectivity index (χ1v) is 12.6. The van der Waals surface area contributed by atoms with Crippen molar-refractivity contribution in [1.82, 2.24) is 0 Å². The maximum atomic E-state index is 2.23. The zero-order valence-electron chi connectivity index (χ0n) is 19.3. The lowest BCUT2D eigenvalue weighted by atomic mass is 9.91. The molecule has 0 saturated heterocycles. The molecule has 0 spiro atoms. The van der Waals surface area contributed by atoms with Gasteiger partial charge in [0.15, 0.2) is 0 Å². The Bertz CT molecular complexity index is 1480. The molecule has 6 aromatic carbocycles. The monoisotopic (exact) mass is 454 g/mol. The Morgan fingerprint density at radius 2 is 0.912 bits per heavy atom. The lowest BCUT2D eigenvalue weighted by Crippen LogP contribution is -2.01. The summed E-state index contributed by atoms with van der Waals surface area (Å²) in [5.74, 6) is 0. The van der Waals surface area contributed by atoms with Gasteiger partial charge in [0.05, 0.1) is 0 Å². The van der Waals surface area contributed by atoms with E-state index in [0.717, 1.165) is 8.58 Å². The van der Waals surface area contributed by atoms with Crippen molar-refractivity contribution in [2.45, 2.75) is 6.92 Å². The van der Waals surface area contributed by atoms with Crippen LogP contribution in [0.25, 0.3) is 32.7 Å². The molecule has 6 aromatic rings. The second-order valence-corrected chi connectivity index (χ2v) is 9.77. The summed E-state index contributed by atoms with van der Waals surface area (Å²) in [5, 5.41) is 8.03. The normalized spacial score (nSPS) is 10.6. The zero-order chi connectivity index (χ0) is 23.2. The predicted octanol–water partition coefficient (Wildman–Crippen LogP) is 8.28. The van der Waals surface area contributed by atoms with Gasteiger partial charge < -0.3 is 0 Å². The van der Waals surface area contributed by atoms with Crippen LogP contribution >= 0.6 is 8.58 Å². The topological polar surface area (TPSA) is 0 Å². The van der Waals surface area contributed by atoms with E-state index in [-0.39, 0.29) is 0 Å². The van der Waals surface area contributed by atoms with Crippen molar-refractivity contribution >= 4 is 40.7 Å². The first-order valence-electron chi connectivity index (χ1n) is 11.6. The third kappa shape index (κ3) is 4.93. The second-order valence-electron chi connectivity index (χ2n) is 8.36. The SMILES string of the molecule is Cc1ccc2ccccc2c1-c1cccc2ccccc12.c1ccc(Pc2ccccc2)cc1. The highest BCUT2D eigenvalue weighted by Crippen LogP contribution is 2.36. The van der Waals surface area contributed by atoms with E-state index in [1.165, 1.54) is 48.8 Å². The average molecular weight is 455 g/mol. The molecule has 0 heterocycles. The average Bonchev–Trinajstić information content (AvgIpc) is 2.90. The molecule has 0 nitrogen and oxygen atoms in total. The molecule has 0 aliphatic heterocycles. The minimum atomic E-state index is 0.777. The molecule has 0 aliphatic carbocycles. The largest absolute Gasteiger partial charge is 0.0622 e. The molecule has 0 aliphatic rings. The van der Waals surface area contributed by atoms with E-state index < -0.39 is 0 Å². The van der Waals surface area contributed by atoms with Crippen LogP contribution in [-0.2, 0) is 0 Å². The minimum absolute atomic E-state index is 0.777. The van der Waals surface area contributed by atoms with Crippen LogP contribution in [0.4, 0.5) is 0 Å². The van der Waals surface area contributed by atoms with Gasteiger partial charge in [0.1, 0.15) is 0 Å². The number of hydrogen-bond acceptors (Lipinski definition) is 0. The molecule has 1 heteroatoms. The summed E-state index contributed by atoms with van der Waals surface area (Å²) >= 11 is 0. The minimum Gasteiger partial charge on any atom is -0.0622 e. The van der Waals surface area contributed by atoms with Crippen molar-refractivity contribution in [2.75, 3.05) is 0 Å². The Morgan fingerprint density at radius 1 is 0.412 bits per heavy atom. The molecule has 164 valence electrons. The quantitative estimate of drug-likeness (QED) is 0.236. The number of rotatable bonds is 3. The molecule has 0 N–H and O–H groups in total. The summed E-state index contributed by atoms with van der Waals surface area (Å²) in [6.45, 7) is 2.20. The Hall–Kier alpha value is -3.73. The van der Waals surface area contributed by atoms with E-state index >= 15 is 0 Å². The summed E-state index contributed by atoms with van der Waals surface area (Å²) < 4.78 is 0. The molecular formula is C33H27P. The third-order valence-corrected chi connectivity index (χ3v) is 7.28. The van der Waals surface area contributed by atoms with Gasteiger partial charge in [-0.1, -0.05) is 148 Å². The Labute approximate surface area is 203 Å². The van der Waals surface area contributed by atoms with Crippen molar-refractivity contribution in [3.63, 3.8) is 0 Å². The number of aryl methyl sites for hydroxylation is 1. The van der Waals surface area contributed by atoms with Crippen molar-refractivity contribution in [3.8, 4) is 11.1 Å². The highest BCUT2D eigenvalue weighted by Gasteiger charge is 2.09. The summed E-state index contributed by atoms with van der Waals surface area (Å²) in [4.78, 5) is 0. The maximum absolute atomic E-state index is 2.23. The van der Waals surface area contributed by atoms with Crippen LogP contribution in [0.15, 0.2) is 140 Å². The van der Waals surface area contributed by atoms with Gasteiger partial charge in [-0.25, -0.2) is 0 Å². The zero-order valence-corrected chi connectivity index (χ0v) is 20.3. The van der Waals surface area contributed by atoms with Gasteiger partial charge >= 0.3 is 0 Å². The van der Waals surface area contributed by atoms with Crippen LogP contribution in [-0.4, -0.2) is 0 Å². The summed E-state index contributed by atoms with van der Waals surface area (Å²) in [6.07, 6.45) is 0. The fraction of sp³-hybridized carbons (Fsp3) is 0.0303. The summed E-state index contributed by atoms with van der Waals surface area (Å²) in [5.41, 5.74) is 4.00. The molecule has 0 fully saturated rings. The van der Waals surface area contributed by atoms with Gasteiger partial charge in [0, 0.05) is 0 Å². The summed E-state index contributed by atoms with van der Waals surface area (Å²) in [6, 6.07) is 49.4. The highest BCUT2D eigenvalue weighted by atomic mass is 31.1. The van der Waals surface area contributed by atoms with Gasteiger partial charge in [-0.3, -0.25) is 0 Å². The van der Waals surface area contributed by atoms with Crippen LogP contribution in [0.2, 0.25) is 0 Å². The fourth-order valence-electron chi connectivity index (χ4n) is 4.39. The second kappa shape index (κ2) is 10.5. The van der Waals surface area contributed by atoms with Gasteiger partial charge in [-0.15, -0.1) is 0 Å². The lowest BCUT2D eigenvalue weighted by molar-refractivity contribution is 1.50. The first-order chi connectivity index (χ1) is 16.8. The molecule has 0 bridgehead atoms.